The molecule has 4 rings (SSSR count). The van der Waals surface area contributed by atoms with Crippen LogP contribution in [0.4, 0.5) is 0 Å². The van der Waals surface area contributed by atoms with Crippen LogP contribution in [0.2, 0.25) is 0 Å². The Labute approximate surface area is 222 Å². The highest BCUT2D eigenvalue weighted by atomic mass is 16.5. The summed E-state index contributed by atoms with van der Waals surface area (Å²) in [5.74, 6) is -0.350. The number of nitrogens with zero attached hydrogens (tertiary/aromatic N) is 1. The number of fused-ring (bicyclic) bond motifs is 1. The smallest absolute Gasteiger partial charge is 0.270 e. The van der Waals surface area contributed by atoms with Gasteiger partial charge in [0.05, 0.1) is 5.52 Å². The lowest BCUT2D eigenvalue weighted by atomic mass is 9.87. The molecule has 7 heteroatoms. The van der Waals surface area contributed by atoms with Crippen molar-refractivity contribution in [3.8, 4) is 5.75 Å². The fourth-order valence-corrected chi connectivity index (χ4v) is 3.93. The van der Waals surface area contributed by atoms with Crippen LogP contribution < -0.4 is 15.5 Å². The van der Waals surface area contributed by atoms with Crippen molar-refractivity contribution in [3.05, 3.63) is 113 Å². The Morgan fingerprint density at radius 1 is 0.947 bits per heavy atom. The molecule has 0 saturated carbocycles. The van der Waals surface area contributed by atoms with Gasteiger partial charge in [-0.05, 0) is 51.9 Å². The molecular formula is C31H31N3O4. The number of pyridine rings is 1. The zero-order valence-electron chi connectivity index (χ0n) is 21.7. The van der Waals surface area contributed by atoms with E-state index in [1.807, 2.05) is 48.5 Å². The van der Waals surface area contributed by atoms with Crippen molar-refractivity contribution in [2.75, 3.05) is 0 Å². The van der Waals surface area contributed by atoms with E-state index in [0.29, 0.717) is 17.9 Å². The van der Waals surface area contributed by atoms with E-state index in [2.05, 4.69) is 55.3 Å². The van der Waals surface area contributed by atoms with E-state index >= 15 is 0 Å². The van der Waals surface area contributed by atoms with E-state index in [4.69, 9.17) is 9.94 Å². The number of aromatic nitrogens is 1. The van der Waals surface area contributed by atoms with Gasteiger partial charge in [0.2, 0.25) is 0 Å². The maximum absolute atomic E-state index is 13.0. The standard InChI is InChI=1S/C31H31N3O4/c1-31(2,3)24-14-11-22(12-15-24)20-38-28-18-27(33-26-10-5-4-9-25(26)28)30(36)32-19-23-8-6-7-21(17-23)13-16-29(35)34-37/h4-18,37H,19-20H2,1-3H3,(H,32,36)(H,34,35)/b16-13+. The molecule has 3 aromatic carbocycles. The van der Waals surface area contributed by atoms with Crippen LogP contribution in [0.3, 0.4) is 0 Å². The molecule has 0 unspecified atom stereocenters. The minimum atomic E-state index is -0.619. The first-order valence-electron chi connectivity index (χ1n) is 12.3. The summed E-state index contributed by atoms with van der Waals surface area (Å²) in [6.07, 6.45) is 2.79. The van der Waals surface area contributed by atoms with Crippen LogP contribution in [-0.2, 0) is 23.4 Å². The Morgan fingerprint density at radius 2 is 1.71 bits per heavy atom. The zero-order valence-corrected chi connectivity index (χ0v) is 21.7. The van der Waals surface area contributed by atoms with Gasteiger partial charge in [0, 0.05) is 24.1 Å². The van der Waals surface area contributed by atoms with Gasteiger partial charge in [-0.15, -0.1) is 0 Å². The highest BCUT2D eigenvalue weighted by Gasteiger charge is 2.15. The summed E-state index contributed by atoms with van der Waals surface area (Å²) in [7, 11) is 0. The second kappa shape index (κ2) is 11.7. The zero-order chi connectivity index (χ0) is 27.1. The van der Waals surface area contributed by atoms with Crippen molar-refractivity contribution < 1.29 is 19.5 Å². The van der Waals surface area contributed by atoms with E-state index in [0.717, 1.165) is 22.1 Å². The molecule has 0 aliphatic carbocycles. The number of carbonyl (C=O) groups excluding carboxylic acids is 2. The van der Waals surface area contributed by atoms with E-state index in [9.17, 15) is 9.59 Å². The number of hydrogen-bond donors (Lipinski definition) is 3. The molecule has 0 aliphatic rings. The summed E-state index contributed by atoms with van der Waals surface area (Å²) in [4.78, 5) is 28.8. The molecule has 4 aromatic rings. The first-order valence-corrected chi connectivity index (χ1v) is 12.3. The van der Waals surface area contributed by atoms with Gasteiger partial charge in [0.15, 0.2) is 0 Å². The molecule has 38 heavy (non-hydrogen) atoms. The van der Waals surface area contributed by atoms with Crippen LogP contribution in [0, 0.1) is 0 Å². The average molecular weight is 510 g/mol. The van der Waals surface area contributed by atoms with Crippen molar-refractivity contribution in [3.63, 3.8) is 0 Å². The number of amides is 2. The van der Waals surface area contributed by atoms with Crippen molar-refractivity contribution in [1.82, 2.24) is 15.8 Å². The van der Waals surface area contributed by atoms with Gasteiger partial charge in [-0.3, -0.25) is 14.8 Å². The molecule has 1 heterocycles. The summed E-state index contributed by atoms with van der Waals surface area (Å²) >= 11 is 0. The molecular weight excluding hydrogens is 478 g/mol. The number of benzene rings is 3. The third-order valence-electron chi connectivity index (χ3n) is 6.07. The topological polar surface area (TPSA) is 101 Å². The lowest BCUT2D eigenvalue weighted by Crippen LogP contribution is -2.24. The largest absolute Gasteiger partial charge is 0.488 e. The van der Waals surface area contributed by atoms with Crippen LogP contribution in [0.1, 0.15) is 53.5 Å². The number of para-hydroxylation sites is 1. The monoisotopic (exact) mass is 509 g/mol. The summed E-state index contributed by atoms with van der Waals surface area (Å²) in [5, 5.41) is 12.4. The first-order chi connectivity index (χ1) is 18.2. The summed E-state index contributed by atoms with van der Waals surface area (Å²) < 4.78 is 6.18. The second-order valence-electron chi connectivity index (χ2n) is 10.00. The number of ether oxygens (including phenoxy) is 1. The van der Waals surface area contributed by atoms with Gasteiger partial charge in [0.1, 0.15) is 18.1 Å². The SMILES string of the molecule is CC(C)(C)c1ccc(COc2cc(C(=O)NCc3cccc(/C=C/C(=O)NO)c3)nc3ccccc23)cc1. The molecule has 0 spiro atoms. The Kier molecular flexibility index (Phi) is 8.19. The van der Waals surface area contributed by atoms with Crippen LogP contribution in [0.25, 0.3) is 17.0 Å². The maximum atomic E-state index is 13.0. The van der Waals surface area contributed by atoms with Crippen molar-refractivity contribution in [1.29, 1.82) is 0 Å². The number of hydrogen-bond acceptors (Lipinski definition) is 5. The summed E-state index contributed by atoms with van der Waals surface area (Å²) in [5.41, 5.74) is 6.47. The summed E-state index contributed by atoms with van der Waals surface area (Å²) in [6, 6.07) is 25.0. The highest BCUT2D eigenvalue weighted by molar-refractivity contribution is 5.97. The van der Waals surface area contributed by atoms with Crippen molar-refractivity contribution >= 4 is 28.8 Å². The lowest BCUT2D eigenvalue weighted by Gasteiger charge is -2.19. The minimum Gasteiger partial charge on any atom is -0.488 e. The normalized spacial score (nSPS) is 11.5. The van der Waals surface area contributed by atoms with Crippen LogP contribution in [0.5, 0.6) is 5.75 Å². The number of hydroxylamine groups is 1. The highest BCUT2D eigenvalue weighted by Crippen LogP contribution is 2.27. The van der Waals surface area contributed by atoms with Gasteiger partial charge in [0.25, 0.3) is 11.8 Å². The fourth-order valence-electron chi connectivity index (χ4n) is 3.93. The summed E-state index contributed by atoms with van der Waals surface area (Å²) in [6.45, 7) is 7.19. The van der Waals surface area contributed by atoms with Gasteiger partial charge in [-0.25, -0.2) is 10.5 Å². The average Bonchev–Trinajstić information content (AvgIpc) is 2.93. The molecule has 0 atom stereocenters. The number of rotatable bonds is 8. The lowest BCUT2D eigenvalue weighted by molar-refractivity contribution is -0.124. The predicted octanol–water partition coefficient (Wildman–Crippen LogP) is 5.56. The maximum Gasteiger partial charge on any atom is 0.270 e. The molecule has 0 saturated heterocycles. The number of carbonyl (C=O) groups is 2. The van der Waals surface area contributed by atoms with E-state index in [-0.39, 0.29) is 23.6 Å². The third-order valence-corrected chi connectivity index (χ3v) is 6.07. The Balaban J connectivity index is 1.48. The molecule has 0 fully saturated rings. The molecule has 194 valence electrons. The molecule has 7 nitrogen and oxygen atoms in total. The molecule has 2 amide bonds. The first kappa shape index (κ1) is 26.6. The van der Waals surface area contributed by atoms with Crippen molar-refractivity contribution in [2.45, 2.75) is 39.3 Å². The second-order valence-corrected chi connectivity index (χ2v) is 10.00. The molecule has 0 radical (unpaired) electrons. The molecule has 0 aliphatic heterocycles. The number of nitrogens with one attached hydrogen (secondary N) is 2. The predicted molar refractivity (Wildman–Crippen MR) is 148 cm³/mol. The Morgan fingerprint density at radius 3 is 2.45 bits per heavy atom. The molecule has 3 N–H and O–H groups in total. The fraction of sp³-hybridized carbons (Fsp3) is 0.194. The van der Waals surface area contributed by atoms with Crippen molar-refractivity contribution in [2.24, 2.45) is 0 Å². The van der Waals surface area contributed by atoms with E-state index in [1.165, 1.54) is 11.6 Å². The molecule has 0 bridgehead atoms. The minimum absolute atomic E-state index is 0.0808. The van der Waals surface area contributed by atoms with Gasteiger partial charge < -0.3 is 10.1 Å². The Hall–Kier alpha value is -4.49. The molecule has 1 aromatic heterocycles. The van der Waals surface area contributed by atoms with E-state index < -0.39 is 5.91 Å². The van der Waals surface area contributed by atoms with Crippen LogP contribution in [0.15, 0.2) is 84.9 Å². The van der Waals surface area contributed by atoms with Crippen LogP contribution >= 0.6 is 0 Å². The van der Waals surface area contributed by atoms with Gasteiger partial charge in [-0.1, -0.05) is 75.4 Å². The van der Waals surface area contributed by atoms with E-state index in [1.54, 1.807) is 17.6 Å². The quantitative estimate of drug-likeness (QED) is 0.164. The van der Waals surface area contributed by atoms with Gasteiger partial charge in [-0.2, -0.15) is 0 Å². The third kappa shape index (κ3) is 6.83. The Bertz CT molecular complexity index is 1470. The van der Waals surface area contributed by atoms with Gasteiger partial charge >= 0.3 is 0 Å². The van der Waals surface area contributed by atoms with Crippen LogP contribution in [-0.4, -0.2) is 22.0 Å².